The highest BCUT2D eigenvalue weighted by atomic mass is 16.7. The molecule has 9 heteroatoms. The van der Waals surface area contributed by atoms with Gasteiger partial charge in [-0.2, -0.15) is 0 Å². The maximum absolute atomic E-state index is 13.0. The fraction of sp³-hybridized carbons (Fsp3) is 0.911. The summed E-state index contributed by atoms with van der Waals surface area (Å²) in [7, 11) is 0. The van der Waals surface area contributed by atoms with Gasteiger partial charge in [0.2, 0.25) is 5.91 Å². The van der Waals surface area contributed by atoms with Gasteiger partial charge in [-0.25, -0.2) is 0 Å². The molecule has 0 saturated carbocycles. The van der Waals surface area contributed by atoms with Gasteiger partial charge in [0, 0.05) is 6.42 Å². The lowest BCUT2D eigenvalue weighted by atomic mass is 9.99. The highest BCUT2D eigenvalue weighted by Crippen LogP contribution is 2.23. The van der Waals surface area contributed by atoms with Crippen LogP contribution in [0.25, 0.3) is 0 Å². The number of hydrogen-bond acceptors (Lipinski definition) is 8. The zero-order valence-electron chi connectivity index (χ0n) is 42.5. The van der Waals surface area contributed by atoms with Gasteiger partial charge in [0.05, 0.1) is 25.4 Å². The van der Waals surface area contributed by atoms with Gasteiger partial charge >= 0.3 is 0 Å². The molecule has 0 aliphatic carbocycles. The third-order valence-corrected chi connectivity index (χ3v) is 13.5. The first-order valence-corrected chi connectivity index (χ1v) is 28.1. The highest BCUT2D eigenvalue weighted by molar-refractivity contribution is 5.76. The Morgan fingerprint density at radius 3 is 1.29 bits per heavy atom. The molecule has 65 heavy (non-hydrogen) atoms. The van der Waals surface area contributed by atoms with Crippen molar-refractivity contribution in [2.45, 2.75) is 314 Å². The molecule has 1 heterocycles. The molecule has 9 nitrogen and oxygen atoms in total. The van der Waals surface area contributed by atoms with Gasteiger partial charge < -0.3 is 40.3 Å². The number of allylic oxidation sites excluding steroid dienone is 3. The zero-order chi connectivity index (χ0) is 47.3. The smallest absolute Gasteiger partial charge is 0.220 e. The lowest BCUT2D eigenvalue weighted by molar-refractivity contribution is -0.302. The maximum Gasteiger partial charge on any atom is 0.220 e. The van der Waals surface area contributed by atoms with Gasteiger partial charge in [-0.05, 0) is 32.1 Å². The van der Waals surface area contributed by atoms with Crippen LogP contribution in [0.3, 0.4) is 0 Å². The molecule has 384 valence electrons. The molecule has 0 spiro atoms. The third-order valence-electron chi connectivity index (χ3n) is 13.5. The van der Waals surface area contributed by atoms with E-state index < -0.39 is 49.5 Å². The quantitative estimate of drug-likeness (QED) is 0.0261. The van der Waals surface area contributed by atoms with Gasteiger partial charge in [-0.15, -0.1) is 0 Å². The molecule has 0 aromatic carbocycles. The van der Waals surface area contributed by atoms with Crippen molar-refractivity contribution in [1.29, 1.82) is 0 Å². The summed E-state index contributed by atoms with van der Waals surface area (Å²) >= 11 is 0. The Balaban J connectivity index is 2.10. The van der Waals surface area contributed by atoms with Crippen molar-refractivity contribution in [1.82, 2.24) is 5.32 Å². The van der Waals surface area contributed by atoms with E-state index >= 15 is 0 Å². The Morgan fingerprint density at radius 2 is 0.877 bits per heavy atom. The molecule has 0 bridgehead atoms. The van der Waals surface area contributed by atoms with E-state index in [1.54, 1.807) is 6.08 Å². The van der Waals surface area contributed by atoms with Crippen molar-refractivity contribution in [2.24, 2.45) is 0 Å². The number of aliphatic hydroxyl groups is 5. The van der Waals surface area contributed by atoms with Gasteiger partial charge in [0.1, 0.15) is 24.4 Å². The summed E-state index contributed by atoms with van der Waals surface area (Å²) < 4.78 is 11.2. The molecule has 6 N–H and O–H groups in total. The van der Waals surface area contributed by atoms with Gasteiger partial charge in [0.25, 0.3) is 0 Å². The summed E-state index contributed by atoms with van der Waals surface area (Å²) in [5.74, 6) is -0.183. The van der Waals surface area contributed by atoms with E-state index in [1.165, 1.54) is 212 Å². The molecule has 7 unspecified atom stereocenters. The van der Waals surface area contributed by atoms with Crippen molar-refractivity contribution in [3.63, 3.8) is 0 Å². The van der Waals surface area contributed by atoms with Crippen molar-refractivity contribution >= 4 is 5.91 Å². The zero-order valence-corrected chi connectivity index (χ0v) is 42.5. The van der Waals surface area contributed by atoms with E-state index in [9.17, 15) is 30.3 Å². The Kier molecular flexibility index (Phi) is 44.0. The van der Waals surface area contributed by atoms with Crippen LogP contribution in [-0.2, 0) is 14.3 Å². The van der Waals surface area contributed by atoms with Crippen molar-refractivity contribution in [3.05, 3.63) is 24.3 Å². The fourth-order valence-corrected chi connectivity index (χ4v) is 9.06. The predicted octanol–water partition coefficient (Wildman–Crippen LogP) is 13.4. The third kappa shape index (κ3) is 36.3. The first kappa shape index (κ1) is 61.7. The number of ether oxygens (including phenoxy) is 2. The minimum atomic E-state index is -1.57. The number of carbonyl (C=O) groups is 1. The maximum atomic E-state index is 13.0. The number of carbonyl (C=O) groups excluding carboxylic acids is 1. The summed E-state index contributed by atoms with van der Waals surface area (Å²) in [6.07, 6.45) is 51.3. The second-order valence-corrected chi connectivity index (χ2v) is 19.7. The Labute approximate surface area is 400 Å². The molecule has 1 amide bonds. The van der Waals surface area contributed by atoms with Crippen LogP contribution in [0, 0.1) is 0 Å². The number of nitrogens with one attached hydrogen (secondary N) is 1. The second kappa shape index (κ2) is 46.4. The van der Waals surface area contributed by atoms with Crippen LogP contribution < -0.4 is 5.32 Å². The van der Waals surface area contributed by atoms with Crippen LogP contribution in [0.4, 0.5) is 0 Å². The van der Waals surface area contributed by atoms with Crippen LogP contribution in [0.15, 0.2) is 24.3 Å². The molecule has 1 fully saturated rings. The van der Waals surface area contributed by atoms with E-state index in [0.29, 0.717) is 6.42 Å². The van der Waals surface area contributed by atoms with Crippen LogP contribution in [0.5, 0.6) is 0 Å². The molecule has 0 aromatic rings. The average Bonchev–Trinajstić information content (AvgIpc) is 3.31. The molecule has 0 aromatic heterocycles. The normalized spacial score (nSPS) is 20.0. The van der Waals surface area contributed by atoms with Crippen LogP contribution in [0.2, 0.25) is 0 Å². The fourth-order valence-electron chi connectivity index (χ4n) is 9.06. The van der Waals surface area contributed by atoms with Crippen LogP contribution >= 0.6 is 0 Å². The number of hydrogen-bond donors (Lipinski definition) is 6. The topological polar surface area (TPSA) is 149 Å². The Morgan fingerprint density at radius 1 is 0.508 bits per heavy atom. The van der Waals surface area contributed by atoms with Gasteiger partial charge in [-0.3, -0.25) is 4.79 Å². The first-order valence-electron chi connectivity index (χ1n) is 28.1. The number of rotatable bonds is 48. The SMILES string of the molecule is CCCCCCC/C=C/CC/C=C/C(O)C(COC1OC(CO)C(O)C(O)C1O)NC(=O)CCCCCCCCCCCCCCCCCCCCCCCCCCCCCCCCC. The largest absolute Gasteiger partial charge is 0.394 e. The summed E-state index contributed by atoms with van der Waals surface area (Å²) in [6.45, 7) is 3.75. The molecule has 1 rings (SSSR count). The molecule has 7 atom stereocenters. The van der Waals surface area contributed by atoms with Gasteiger partial charge in [0.15, 0.2) is 6.29 Å². The second-order valence-electron chi connectivity index (χ2n) is 19.7. The Hall–Kier alpha value is -1.33. The van der Waals surface area contributed by atoms with Crippen LogP contribution in [-0.4, -0.2) is 87.5 Å². The molecule has 1 aliphatic rings. The van der Waals surface area contributed by atoms with Crippen molar-refractivity contribution in [3.8, 4) is 0 Å². The molecule has 1 saturated heterocycles. The van der Waals surface area contributed by atoms with E-state index in [4.69, 9.17) is 9.47 Å². The van der Waals surface area contributed by atoms with E-state index in [1.807, 2.05) is 6.08 Å². The summed E-state index contributed by atoms with van der Waals surface area (Å²) in [6, 6.07) is -0.816. The van der Waals surface area contributed by atoms with E-state index in [-0.39, 0.29) is 12.5 Å². The van der Waals surface area contributed by atoms with Crippen molar-refractivity contribution < 1.29 is 39.8 Å². The van der Waals surface area contributed by atoms with Crippen LogP contribution in [0.1, 0.15) is 271 Å². The molecular formula is C56H107NO8. The predicted molar refractivity (Wildman–Crippen MR) is 272 cm³/mol. The van der Waals surface area contributed by atoms with E-state index in [2.05, 4.69) is 31.3 Å². The molecule has 0 radical (unpaired) electrons. The van der Waals surface area contributed by atoms with E-state index in [0.717, 1.165) is 38.5 Å². The molecule has 1 aliphatic heterocycles. The highest BCUT2D eigenvalue weighted by Gasteiger charge is 2.44. The first-order chi connectivity index (χ1) is 31.8. The lowest BCUT2D eigenvalue weighted by Crippen LogP contribution is -2.60. The minimum absolute atomic E-state index is 0.183. The number of amides is 1. The summed E-state index contributed by atoms with van der Waals surface area (Å²) in [4.78, 5) is 13.0. The number of unbranched alkanes of at least 4 members (excludes halogenated alkanes) is 36. The number of aliphatic hydroxyl groups excluding tert-OH is 5. The van der Waals surface area contributed by atoms with Gasteiger partial charge in [-0.1, -0.05) is 256 Å². The minimum Gasteiger partial charge on any atom is -0.394 e. The summed E-state index contributed by atoms with van der Waals surface area (Å²) in [5, 5.41) is 54.2. The van der Waals surface area contributed by atoms with Crippen molar-refractivity contribution in [2.75, 3.05) is 13.2 Å². The lowest BCUT2D eigenvalue weighted by Gasteiger charge is -2.40. The summed E-state index contributed by atoms with van der Waals surface area (Å²) in [5.41, 5.74) is 0. The molecular weight excluding hydrogens is 815 g/mol. The monoisotopic (exact) mass is 922 g/mol. The average molecular weight is 922 g/mol. The Bertz CT molecular complexity index is 1070. The standard InChI is InChI=1S/C56H107NO8/c1-3-5-7-9-11-13-15-16-17-18-19-20-21-22-23-24-25-26-27-28-29-30-31-32-33-34-36-38-40-42-44-46-52(60)57-49(48-64-56-55(63)54(62)53(61)51(47-58)65-56)50(59)45-43-41-39-37-35-14-12-10-8-6-4-2/h35,37,43,45,49-51,53-56,58-59,61-63H,3-34,36,38-42,44,46-48H2,1-2H3,(H,57,60)/b37-35+,45-43+.